The van der Waals surface area contributed by atoms with E-state index in [0.717, 1.165) is 55.2 Å². The van der Waals surface area contributed by atoms with Gasteiger partial charge in [-0.25, -0.2) is 9.97 Å². The Kier molecular flexibility index (Phi) is 4.61. The average Bonchev–Trinajstić information content (AvgIpc) is 3.42. The van der Waals surface area contributed by atoms with Crippen molar-refractivity contribution < 1.29 is 4.42 Å². The molecule has 0 N–H and O–H groups in total. The minimum atomic E-state index is 0.750. The fourth-order valence-electron chi connectivity index (χ4n) is 6.56. The van der Waals surface area contributed by atoms with Gasteiger partial charge in [0.15, 0.2) is 5.65 Å². The van der Waals surface area contributed by atoms with Crippen LogP contribution in [0.2, 0.25) is 0 Å². The highest BCUT2D eigenvalue weighted by Crippen LogP contribution is 2.50. The Morgan fingerprint density at radius 2 is 1.10 bits per heavy atom. The maximum absolute atomic E-state index is 6.44. The van der Waals surface area contributed by atoms with Crippen molar-refractivity contribution in [3.8, 4) is 55.6 Å². The van der Waals surface area contributed by atoms with Crippen LogP contribution in [0.3, 0.4) is 0 Å². The van der Waals surface area contributed by atoms with E-state index in [9.17, 15) is 0 Å². The molecule has 0 amide bonds. The summed E-state index contributed by atoms with van der Waals surface area (Å²) in [6, 6.07) is 43.0. The number of nitrogens with zero attached hydrogens (tertiary/aromatic N) is 2. The van der Waals surface area contributed by atoms with Gasteiger partial charge in [-0.3, -0.25) is 0 Å². The van der Waals surface area contributed by atoms with Crippen LogP contribution >= 0.6 is 0 Å². The third kappa shape index (κ3) is 3.20. The van der Waals surface area contributed by atoms with Crippen LogP contribution in [0, 0.1) is 0 Å². The summed E-state index contributed by atoms with van der Waals surface area (Å²) in [4.78, 5) is 9.40. The van der Waals surface area contributed by atoms with Crippen molar-refractivity contribution >= 4 is 33.0 Å². The van der Waals surface area contributed by atoms with Crippen LogP contribution in [0.1, 0.15) is 0 Å². The summed E-state index contributed by atoms with van der Waals surface area (Å²) in [5.74, 6) is 0. The predicted molar refractivity (Wildman–Crippen MR) is 168 cm³/mol. The molecule has 9 rings (SSSR count). The van der Waals surface area contributed by atoms with Gasteiger partial charge in [0.2, 0.25) is 0 Å². The van der Waals surface area contributed by atoms with Gasteiger partial charge >= 0.3 is 0 Å². The summed E-state index contributed by atoms with van der Waals surface area (Å²) >= 11 is 0. The largest absolute Gasteiger partial charge is 0.455 e. The number of para-hydroxylation sites is 2. The monoisotopic (exact) mass is 522 g/mol. The highest BCUT2D eigenvalue weighted by atomic mass is 16.3. The van der Waals surface area contributed by atoms with Gasteiger partial charge in [0.25, 0.3) is 0 Å². The number of fused-ring (bicyclic) bond motifs is 13. The number of rotatable bonds is 1. The molecule has 0 aliphatic heterocycles. The van der Waals surface area contributed by atoms with E-state index in [1.807, 2.05) is 30.6 Å². The summed E-state index contributed by atoms with van der Waals surface area (Å²) in [6.07, 6.45) is 3.80. The van der Waals surface area contributed by atoms with Crippen molar-refractivity contribution in [2.24, 2.45) is 0 Å². The summed E-state index contributed by atoms with van der Waals surface area (Å²) in [5, 5.41) is 3.32. The van der Waals surface area contributed by atoms with Crippen LogP contribution in [-0.2, 0) is 0 Å². The molecule has 3 aromatic heterocycles. The summed E-state index contributed by atoms with van der Waals surface area (Å²) in [6.45, 7) is 0. The molecule has 3 heteroatoms. The molecule has 41 heavy (non-hydrogen) atoms. The Morgan fingerprint density at radius 3 is 1.93 bits per heavy atom. The van der Waals surface area contributed by atoms with E-state index in [1.165, 1.54) is 33.4 Å². The molecule has 3 heterocycles. The number of hydrogen-bond acceptors (Lipinski definition) is 3. The maximum Gasteiger partial charge on any atom is 0.159 e. The van der Waals surface area contributed by atoms with Crippen LogP contribution in [0.15, 0.2) is 138 Å². The second-order valence-corrected chi connectivity index (χ2v) is 10.6. The zero-order valence-corrected chi connectivity index (χ0v) is 22.0. The van der Waals surface area contributed by atoms with Gasteiger partial charge in [0.1, 0.15) is 11.2 Å². The average molecular weight is 523 g/mol. The van der Waals surface area contributed by atoms with E-state index in [2.05, 4.69) is 108 Å². The standard InChI is InChI=1S/C38H22N2O/c1-3-11-27-25(9-1)26-10-2-4-12-28(26)34-22-40-38-32(16-8-20-39-38)36(34)30-19-18-23(21-33(27)30)24-14-7-15-31-29-13-5-6-17-35(29)41-37(24)31/h1-22H. The van der Waals surface area contributed by atoms with E-state index in [0.29, 0.717) is 0 Å². The van der Waals surface area contributed by atoms with Crippen molar-refractivity contribution in [3.05, 3.63) is 134 Å². The fraction of sp³-hybridized carbons (Fsp3) is 0. The normalized spacial score (nSPS) is 11.9. The number of aromatic nitrogens is 2. The van der Waals surface area contributed by atoms with Gasteiger partial charge in [-0.05, 0) is 63.2 Å². The third-order valence-corrected chi connectivity index (χ3v) is 8.37. The first-order valence-corrected chi connectivity index (χ1v) is 13.8. The molecule has 1 aliphatic rings. The molecule has 0 saturated heterocycles. The molecule has 0 radical (unpaired) electrons. The lowest BCUT2D eigenvalue weighted by atomic mass is 9.80. The van der Waals surface area contributed by atoms with E-state index >= 15 is 0 Å². The minimum Gasteiger partial charge on any atom is -0.455 e. The first kappa shape index (κ1) is 22.3. The van der Waals surface area contributed by atoms with Crippen molar-refractivity contribution in [1.82, 2.24) is 9.97 Å². The molecule has 0 unspecified atom stereocenters. The Hall–Kier alpha value is -5.54. The van der Waals surface area contributed by atoms with E-state index in [-0.39, 0.29) is 0 Å². The number of benzene rings is 5. The number of furan rings is 1. The summed E-state index contributed by atoms with van der Waals surface area (Å²) < 4.78 is 6.44. The van der Waals surface area contributed by atoms with Crippen molar-refractivity contribution in [3.63, 3.8) is 0 Å². The highest BCUT2D eigenvalue weighted by molar-refractivity contribution is 6.12. The lowest BCUT2D eigenvalue weighted by molar-refractivity contribution is 0.670. The minimum absolute atomic E-state index is 0.750. The molecule has 0 saturated carbocycles. The van der Waals surface area contributed by atoms with E-state index in [1.54, 1.807) is 0 Å². The molecule has 1 aliphatic carbocycles. The quantitative estimate of drug-likeness (QED) is 0.215. The molecule has 8 aromatic rings. The molecule has 0 fully saturated rings. The second kappa shape index (κ2) is 8.48. The lowest BCUT2D eigenvalue weighted by Crippen LogP contribution is -1.99. The second-order valence-electron chi connectivity index (χ2n) is 10.6. The topological polar surface area (TPSA) is 38.9 Å². The fourth-order valence-corrected chi connectivity index (χ4v) is 6.56. The van der Waals surface area contributed by atoms with Gasteiger partial charge in [0, 0.05) is 45.2 Å². The molecule has 190 valence electrons. The predicted octanol–water partition coefficient (Wildman–Crippen LogP) is 10.2. The third-order valence-electron chi connectivity index (χ3n) is 8.37. The van der Waals surface area contributed by atoms with E-state index in [4.69, 9.17) is 9.40 Å². The number of hydrogen-bond donors (Lipinski definition) is 0. The Balaban J connectivity index is 1.41. The Labute approximate surface area is 236 Å². The first-order valence-electron chi connectivity index (χ1n) is 13.8. The molecule has 0 spiro atoms. The van der Waals surface area contributed by atoms with Crippen LogP contribution in [-0.4, -0.2) is 9.97 Å². The molecule has 0 bridgehead atoms. The van der Waals surface area contributed by atoms with Gasteiger partial charge in [-0.1, -0.05) is 97.1 Å². The van der Waals surface area contributed by atoms with Gasteiger partial charge in [0.05, 0.1) is 0 Å². The zero-order valence-electron chi connectivity index (χ0n) is 22.0. The zero-order chi connectivity index (χ0) is 26.9. The van der Waals surface area contributed by atoms with E-state index < -0.39 is 0 Å². The number of pyridine rings is 2. The highest BCUT2D eigenvalue weighted by Gasteiger charge is 2.24. The van der Waals surface area contributed by atoms with Crippen LogP contribution < -0.4 is 0 Å². The maximum atomic E-state index is 6.44. The molecule has 5 aromatic carbocycles. The smallest absolute Gasteiger partial charge is 0.159 e. The molecular weight excluding hydrogens is 500 g/mol. The summed E-state index contributed by atoms with van der Waals surface area (Å²) in [5.41, 5.74) is 14.2. The molecule has 0 atom stereocenters. The Bertz CT molecular complexity index is 2330. The van der Waals surface area contributed by atoms with Crippen LogP contribution in [0.5, 0.6) is 0 Å². The SMILES string of the molecule is c1ccc2c(c1)-c1ccccc1-c1cnc3ncccc3c1-c1ccc(-c3cccc4c3oc3ccccc34)cc1-2. The van der Waals surface area contributed by atoms with Gasteiger partial charge in [-0.2, -0.15) is 0 Å². The molecule has 3 nitrogen and oxygen atoms in total. The van der Waals surface area contributed by atoms with Gasteiger partial charge < -0.3 is 4.42 Å². The van der Waals surface area contributed by atoms with Crippen molar-refractivity contribution in [2.45, 2.75) is 0 Å². The van der Waals surface area contributed by atoms with Crippen molar-refractivity contribution in [1.29, 1.82) is 0 Å². The van der Waals surface area contributed by atoms with Gasteiger partial charge in [-0.15, -0.1) is 0 Å². The molecular formula is C38H22N2O. The first-order chi connectivity index (χ1) is 20.3. The van der Waals surface area contributed by atoms with Crippen LogP contribution in [0.4, 0.5) is 0 Å². The van der Waals surface area contributed by atoms with Crippen LogP contribution in [0.25, 0.3) is 88.6 Å². The van der Waals surface area contributed by atoms with Crippen molar-refractivity contribution in [2.75, 3.05) is 0 Å². The Morgan fingerprint density at radius 1 is 0.439 bits per heavy atom. The summed E-state index contributed by atoms with van der Waals surface area (Å²) in [7, 11) is 0. The lowest BCUT2D eigenvalue weighted by Gasteiger charge is -2.24.